The maximum Gasteiger partial charge on any atom is 0.140 e. The Labute approximate surface area is 117 Å². The summed E-state index contributed by atoms with van der Waals surface area (Å²) in [5.41, 5.74) is 0.957. The van der Waals surface area contributed by atoms with E-state index < -0.39 is 0 Å². The van der Waals surface area contributed by atoms with Crippen molar-refractivity contribution in [3.8, 4) is 0 Å². The first-order valence-electron chi connectivity index (χ1n) is 6.22. The van der Waals surface area contributed by atoms with E-state index in [4.69, 9.17) is 25.9 Å². The first-order chi connectivity index (χ1) is 9.24. The highest BCUT2D eigenvalue weighted by atomic mass is 35.5. The summed E-state index contributed by atoms with van der Waals surface area (Å²) in [6.07, 6.45) is 1.16. The van der Waals surface area contributed by atoms with Crippen molar-refractivity contribution in [3.05, 3.63) is 58.5 Å². The second-order valence-corrected chi connectivity index (χ2v) is 4.74. The third kappa shape index (κ3) is 3.60. The standard InChI is InChI=1S/C15H17ClO3/c1-18-15(11-4-2-5-12(16)10-11)14-8-7-13(19-14)6-3-9-17/h2,4-5,7-8,10,15,17H,3,6,9H2,1H3. The summed E-state index contributed by atoms with van der Waals surface area (Å²) in [5.74, 6) is 1.60. The topological polar surface area (TPSA) is 42.6 Å². The van der Waals surface area contributed by atoms with Crippen molar-refractivity contribution in [1.29, 1.82) is 0 Å². The molecule has 0 radical (unpaired) electrons. The second kappa shape index (κ2) is 6.75. The number of hydrogen-bond acceptors (Lipinski definition) is 3. The number of rotatable bonds is 6. The minimum atomic E-state index is -0.262. The Hall–Kier alpha value is -1.29. The molecule has 0 spiro atoms. The Morgan fingerprint density at radius 3 is 2.84 bits per heavy atom. The van der Waals surface area contributed by atoms with Crippen molar-refractivity contribution in [2.24, 2.45) is 0 Å². The zero-order valence-electron chi connectivity index (χ0n) is 10.8. The molecule has 4 heteroatoms. The lowest BCUT2D eigenvalue weighted by molar-refractivity contribution is 0.115. The molecule has 0 amide bonds. The van der Waals surface area contributed by atoms with Crippen molar-refractivity contribution in [3.63, 3.8) is 0 Å². The predicted octanol–water partition coefficient (Wildman–Crippen LogP) is 3.59. The first kappa shape index (κ1) is 14.1. The summed E-state index contributed by atoms with van der Waals surface area (Å²) in [4.78, 5) is 0. The number of ether oxygens (including phenoxy) is 1. The van der Waals surface area contributed by atoms with E-state index in [1.54, 1.807) is 7.11 Å². The van der Waals surface area contributed by atoms with Crippen LogP contribution in [0.1, 0.15) is 29.6 Å². The van der Waals surface area contributed by atoms with Crippen LogP contribution in [0.2, 0.25) is 5.02 Å². The van der Waals surface area contributed by atoms with Gasteiger partial charge in [-0.25, -0.2) is 0 Å². The van der Waals surface area contributed by atoms with Crippen LogP contribution < -0.4 is 0 Å². The minimum absolute atomic E-state index is 0.165. The minimum Gasteiger partial charge on any atom is -0.463 e. The predicted molar refractivity (Wildman–Crippen MR) is 74.4 cm³/mol. The summed E-state index contributed by atoms with van der Waals surface area (Å²) in [6, 6.07) is 11.4. The van der Waals surface area contributed by atoms with Crippen LogP contribution in [0.3, 0.4) is 0 Å². The van der Waals surface area contributed by atoms with E-state index in [-0.39, 0.29) is 12.7 Å². The van der Waals surface area contributed by atoms with E-state index >= 15 is 0 Å². The van der Waals surface area contributed by atoms with E-state index in [2.05, 4.69) is 0 Å². The van der Waals surface area contributed by atoms with Crippen LogP contribution in [0.15, 0.2) is 40.8 Å². The number of methoxy groups -OCH3 is 1. The quantitative estimate of drug-likeness (QED) is 0.879. The lowest BCUT2D eigenvalue weighted by atomic mass is 10.1. The van der Waals surface area contributed by atoms with Crippen molar-refractivity contribution in [2.75, 3.05) is 13.7 Å². The molecular formula is C15H17ClO3. The smallest absolute Gasteiger partial charge is 0.140 e. The van der Waals surface area contributed by atoms with Crippen LogP contribution in [-0.4, -0.2) is 18.8 Å². The fraction of sp³-hybridized carbons (Fsp3) is 0.333. The van der Waals surface area contributed by atoms with Gasteiger partial charge in [0.25, 0.3) is 0 Å². The van der Waals surface area contributed by atoms with E-state index in [1.807, 2.05) is 36.4 Å². The number of aryl methyl sites for hydroxylation is 1. The van der Waals surface area contributed by atoms with E-state index in [9.17, 15) is 0 Å². The number of aliphatic hydroxyl groups excluding tert-OH is 1. The molecule has 0 aliphatic rings. The summed E-state index contributed by atoms with van der Waals surface area (Å²) in [7, 11) is 1.64. The van der Waals surface area contributed by atoms with Crippen molar-refractivity contribution in [2.45, 2.75) is 18.9 Å². The third-order valence-electron chi connectivity index (χ3n) is 2.91. The zero-order valence-corrected chi connectivity index (χ0v) is 11.6. The van der Waals surface area contributed by atoms with E-state index in [0.717, 1.165) is 23.5 Å². The van der Waals surface area contributed by atoms with Crippen LogP contribution in [0.5, 0.6) is 0 Å². The lowest BCUT2D eigenvalue weighted by Crippen LogP contribution is -2.02. The molecule has 0 fully saturated rings. The molecule has 0 saturated heterocycles. The van der Waals surface area contributed by atoms with Crippen molar-refractivity contribution < 1.29 is 14.3 Å². The molecular weight excluding hydrogens is 264 g/mol. The summed E-state index contributed by atoms with van der Waals surface area (Å²) < 4.78 is 11.2. The molecule has 1 aromatic carbocycles. The fourth-order valence-corrected chi connectivity index (χ4v) is 2.21. The molecule has 1 atom stereocenters. The van der Waals surface area contributed by atoms with Gasteiger partial charge in [-0.05, 0) is 36.2 Å². The zero-order chi connectivity index (χ0) is 13.7. The Balaban J connectivity index is 2.19. The number of aliphatic hydroxyl groups is 1. The highest BCUT2D eigenvalue weighted by molar-refractivity contribution is 6.30. The van der Waals surface area contributed by atoms with Gasteiger partial charge in [-0.1, -0.05) is 23.7 Å². The monoisotopic (exact) mass is 280 g/mol. The Bertz CT molecular complexity index is 522. The molecule has 1 unspecified atom stereocenters. The molecule has 19 heavy (non-hydrogen) atoms. The highest BCUT2D eigenvalue weighted by Gasteiger charge is 2.17. The van der Waals surface area contributed by atoms with Crippen LogP contribution in [0.4, 0.5) is 0 Å². The fourth-order valence-electron chi connectivity index (χ4n) is 2.01. The van der Waals surface area contributed by atoms with Gasteiger partial charge in [-0.15, -0.1) is 0 Å². The Morgan fingerprint density at radius 1 is 1.32 bits per heavy atom. The highest BCUT2D eigenvalue weighted by Crippen LogP contribution is 2.28. The van der Waals surface area contributed by atoms with Gasteiger partial charge in [-0.3, -0.25) is 0 Å². The number of benzene rings is 1. The largest absolute Gasteiger partial charge is 0.463 e. The number of hydrogen-bond donors (Lipinski definition) is 1. The summed E-state index contributed by atoms with van der Waals surface area (Å²) >= 11 is 5.99. The maximum absolute atomic E-state index is 8.82. The molecule has 2 aromatic rings. The molecule has 1 aromatic heterocycles. The molecule has 0 aliphatic heterocycles. The maximum atomic E-state index is 8.82. The van der Waals surface area contributed by atoms with Crippen LogP contribution >= 0.6 is 11.6 Å². The van der Waals surface area contributed by atoms with Gasteiger partial charge >= 0.3 is 0 Å². The Morgan fingerprint density at radius 2 is 2.16 bits per heavy atom. The summed E-state index contributed by atoms with van der Waals surface area (Å²) in [6.45, 7) is 0.165. The van der Waals surface area contributed by atoms with Crippen molar-refractivity contribution >= 4 is 11.6 Å². The molecule has 0 bridgehead atoms. The van der Waals surface area contributed by atoms with Crippen molar-refractivity contribution in [1.82, 2.24) is 0 Å². The molecule has 0 saturated carbocycles. The SMILES string of the molecule is COC(c1cccc(Cl)c1)c1ccc(CCCO)o1. The van der Waals surface area contributed by atoms with E-state index in [0.29, 0.717) is 11.4 Å². The van der Waals surface area contributed by atoms with Crippen LogP contribution in [0, 0.1) is 0 Å². The summed E-state index contributed by atoms with van der Waals surface area (Å²) in [5, 5.41) is 9.49. The van der Waals surface area contributed by atoms with Gasteiger partial charge in [0.2, 0.25) is 0 Å². The van der Waals surface area contributed by atoms with Gasteiger partial charge in [0, 0.05) is 25.2 Å². The van der Waals surface area contributed by atoms with Crippen LogP contribution in [-0.2, 0) is 11.2 Å². The van der Waals surface area contributed by atoms with E-state index in [1.165, 1.54) is 0 Å². The molecule has 102 valence electrons. The molecule has 1 heterocycles. The van der Waals surface area contributed by atoms with Gasteiger partial charge in [0.1, 0.15) is 17.6 Å². The van der Waals surface area contributed by atoms with Crippen LogP contribution in [0.25, 0.3) is 0 Å². The molecule has 0 aliphatic carbocycles. The molecule has 3 nitrogen and oxygen atoms in total. The van der Waals surface area contributed by atoms with Gasteiger partial charge < -0.3 is 14.3 Å². The van der Waals surface area contributed by atoms with Gasteiger partial charge in [0.05, 0.1) is 0 Å². The Kier molecular flexibility index (Phi) is 5.02. The number of halogens is 1. The first-order valence-corrected chi connectivity index (χ1v) is 6.60. The lowest BCUT2D eigenvalue weighted by Gasteiger charge is -2.13. The van der Waals surface area contributed by atoms with Gasteiger partial charge in [0.15, 0.2) is 0 Å². The average molecular weight is 281 g/mol. The average Bonchev–Trinajstić information content (AvgIpc) is 2.86. The van der Waals surface area contributed by atoms with Gasteiger partial charge in [-0.2, -0.15) is 0 Å². The molecule has 1 N–H and O–H groups in total. The number of furan rings is 1. The normalized spacial score (nSPS) is 12.6. The molecule has 2 rings (SSSR count). The second-order valence-electron chi connectivity index (χ2n) is 4.30. The third-order valence-corrected chi connectivity index (χ3v) is 3.14.